The first-order valence-corrected chi connectivity index (χ1v) is 3.90. The Morgan fingerprint density at radius 3 is 2.38 bits per heavy atom. The Morgan fingerprint density at radius 1 is 1.15 bits per heavy atom. The summed E-state index contributed by atoms with van der Waals surface area (Å²) >= 11 is 0. The van der Waals surface area contributed by atoms with Crippen molar-refractivity contribution in [2.75, 3.05) is 20.8 Å². The maximum absolute atomic E-state index is 5.18. The number of methoxy groups -OCH3 is 2. The van der Waals surface area contributed by atoms with Gasteiger partial charge in [-0.15, -0.1) is 0 Å². The fourth-order valence-electron chi connectivity index (χ4n) is 0.801. The summed E-state index contributed by atoms with van der Waals surface area (Å²) in [4.78, 5) is 7.87. The molecule has 0 atom stereocenters. The summed E-state index contributed by atoms with van der Waals surface area (Å²) in [5.41, 5.74) is 0. The SMILES string of the molecule is CCOc1cc(OC)nc(OC)n1. The van der Waals surface area contributed by atoms with Crippen LogP contribution in [0.5, 0.6) is 17.8 Å². The van der Waals surface area contributed by atoms with Gasteiger partial charge in [0.15, 0.2) is 0 Å². The van der Waals surface area contributed by atoms with Gasteiger partial charge in [0.1, 0.15) is 0 Å². The zero-order valence-corrected chi connectivity index (χ0v) is 7.90. The van der Waals surface area contributed by atoms with Crippen molar-refractivity contribution in [3.05, 3.63) is 6.07 Å². The lowest BCUT2D eigenvalue weighted by molar-refractivity contribution is 0.301. The molecule has 0 saturated carbocycles. The van der Waals surface area contributed by atoms with Crippen molar-refractivity contribution in [3.63, 3.8) is 0 Å². The molecule has 0 radical (unpaired) electrons. The fraction of sp³-hybridized carbons (Fsp3) is 0.500. The van der Waals surface area contributed by atoms with Crippen LogP contribution in [0.3, 0.4) is 0 Å². The first-order valence-electron chi connectivity index (χ1n) is 3.90. The summed E-state index contributed by atoms with van der Waals surface area (Å²) in [5.74, 6) is 0.876. The molecule has 1 heterocycles. The number of ether oxygens (including phenoxy) is 3. The van der Waals surface area contributed by atoms with Gasteiger partial charge in [-0.05, 0) is 6.92 Å². The number of aromatic nitrogens is 2. The van der Waals surface area contributed by atoms with Gasteiger partial charge in [-0.25, -0.2) is 0 Å². The molecule has 0 aromatic carbocycles. The maximum atomic E-state index is 5.18. The average Bonchev–Trinajstić information content (AvgIpc) is 2.17. The van der Waals surface area contributed by atoms with Crippen LogP contribution in [0.1, 0.15) is 6.92 Å². The summed E-state index contributed by atoms with van der Waals surface area (Å²) < 4.78 is 15.0. The molecule has 72 valence electrons. The van der Waals surface area contributed by atoms with E-state index < -0.39 is 0 Å². The Labute approximate surface area is 76.7 Å². The van der Waals surface area contributed by atoms with Crippen LogP contribution in [-0.2, 0) is 0 Å². The molecule has 5 nitrogen and oxygen atoms in total. The van der Waals surface area contributed by atoms with Crippen LogP contribution in [0.4, 0.5) is 0 Å². The van der Waals surface area contributed by atoms with E-state index in [4.69, 9.17) is 14.2 Å². The third-order valence-electron chi connectivity index (χ3n) is 1.34. The van der Waals surface area contributed by atoms with Crippen molar-refractivity contribution in [1.82, 2.24) is 9.97 Å². The topological polar surface area (TPSA) is 53.5 Å². The molecule has 0 N–H and O–H groups in total. The second-order valence-corrected chi connectivity index (χ2v) is 2.17. The van der Waals surface area contributed by atoms with E-state index in [1.807, 2.05) is 6.92 Å². The molecule has 0 aliphatic carbocycles. The van der Waals surface area contributed by atoms with E-state index >= 15 is 0 Å². The lowest BCUT2D eigenvalue weighted by Crippen LogP contribution is -2.00. The molecule has 0 unspecified atom stereocenters. The van der Waals surface area contributed by atoms with Crippen LogP contribution in [0.25, 0.3) is 0 Å². The third kappa shape index (κ3) is 2.47. The molecule has 1 aromatic heterocycles. The van der Waals surface area contributed by atoms with Crippen LogP contribution < -0.4 is 14.2 Å². The average molecular weight is 184 g/mol. The Morgan fingerprint density at radius 2 is 1.85 bits per heavy atom. The van der Waals surface area contributed by atoms with Crippen LogP contribution in [0.15, 0.2) is 6.07 Å². The van der Waals surface area contributed by atoms with Gasteiger partial charge in [0, 0.05) is 0 Å². The minimum atomic E-state index is 0.239. The third-order valence-corrected chi connectivity index (χ3v) is 1.34. The van der Waals surface area contributed by atoms with Crippen LogP contribution >= 0.6 is 0 Å². The lowest BCUT2D eigenvalue weighted by atomic mass is 10.6. The molecule has 0 aliphatic rings. The fourth-order valence-corrected chi connectivity index (χ4v) is 0.801. The second kappa shape index (κ2) is 4.49. The molecular formula is C8H12N2O3. The highest BCUT2D eigenvalue weighted by molar-refractivity contribution is 5.22. The van der Waals surface area contributed by atoms with E-state index in [1.54, 1.807) is 6.07 Å². The number of hydrogen-bond donors (Lipinski definition) is 0. The minimum absolute atomic E-state index is 0.239. The van der Waals surface area contributed by atoms with Crippen molar-refractivity contribution in [3.8, 4) is 17.8 Å². The first-order chi connectivity index (χ1) is 6.30. The molecule has 0 amide bonds. The van der Waals surface area contributed by atoms with E-state index in [-0.39, 0.29) is 6.01 Å². The van der Waals surface area contributed by atoms with Gasteiger partial charge in [-0.1, -0.05) is 0 Å². The highest BCUT2D eigenvalue weighted by Gasteiger charge is 2.04. The number of nitrogens with zero attached hydrogens (tertiary/aromatic N) is 2. The van der Waals surface area contributed by atoms with E-state index in [0.29, 0.717) is 18.4 Å². The summed E-state index contributed by atoms with van der Waals surface area (Å²) in [7, 11) is 3.02. The van der Waals surface area contributed by atoms with Crippen LogP contribution in [0.2, 0.25) is 0 Å². The van der Waals surface area contributed by atoms with E-state index in [9.17, 15) is 0 Å². The molecule has 0 bridgehead atoms. The highest BCUT2D eigenvalue weighted by atomic mass is 16.5. The summed E-state index contributed by atoms with van der Waals surface area (Å²) in [5, 5.41) is 0. The normalized spacial score (nSPS) is 9.46. The first kappa shape index (κ1) is 9.57. The Hall–Kier alpha value is -1.52. The van der Waals surface area contributed by atoms with Crippen LogP contribution in [-0.4, -0.2) is 30.8 Å². The van der Waals surface area contributed by atoms with Gasteiger partial charge in [0.2, 0.25) is 11.8 Å². The van der Waals surface area contributed by atoms with Gasteiger partial charge < -0.3 is 14.2 Å². The van der Waals surface area contributed by atoms with Crippen molar-refractivity contribution in [2.24, 2.45) is 0 Å². The van der Waals surface area contributed by atoms with Crippen molar-refractivity contribution in [2.45, 2.75) is 6.92 Å². The van der Waals surface area contributed by atoms with Crippen molar-refractivity contribution >= 4 is 0 Å². The Bertz CT molecular complexity index is 256. The second-order valence-electron chi connectivity index (χ2n) is 2.17. The van der Waals surface area contributed by atoms with Gasteiger partial charge >= 0.3 is 6.01 Å². The standard InChI is InChI=1S/C8H12N2O3/c1-4-13-7-5-6(11-2)9-8(10-7)12-3/h5H,4H2,1-3H3. The molecule has 0 spiro atoms. The molecule has 13 heavy (non-hydrogen) atoms. The van der Waals surface area contributed by atoms with E-state index in [1.165, 1.54) is 14.2 Å². The number of rotatable bonds is 4. The molecule has 1 rings (SSSR count). The highest BCUT2D eigenvalue weighted by Crippen LogP contribution is 2.18. The van der Waals surface area contributed by atoms with E-state index in [0.717, 1.165) is 0 Å². The molecular weight excluding hydrogens is 172 g/mol. The largest absolute Gasteiger partial charge is 0.481 e. The predicted octanol–water partition coefficient (Wildman–Crippen LogP) is 0.892. The Balaban J connectivity index is 2.93. The van der Waals surface area contributed by atoms with Gasteiger partial charge in [-0.2, -0.15) is 9.97 Å². The van der Waals surface area contributed by atoms with Gasteiger partial charge in [0.25, 0.3) is 0 Å². The van der Waals surface area contributed by atoms with Gasteiger partial charge in [-0.3, -0.25) is 0 Å². The zero-order chi connectivity index (χ0) is 9.68. The van der Waals surface area contributed by atoms with E-state index in [2.05, 4.69) is 9.97 Å². The molecule has 0 saturated heterocycles. The van der Waals surface area contributed by atoms with Crippen molar-refractivity contribution < 1.29 is 14.2 Å². The summed E-state index contributed by atoms with van der Waals surface area (Å²) in [6.07, 6.45) is 0. The summed E-state index contributed by atoms with van der Waals surface area (Å²) in [6.45, 7) is 2.42. The maximum Gasteiger partial charge on any atom is 0.322 e. The van der Waals surface area contributed by atoms with Crippen LogP contribution in [0, 0.1) is 0 Å². The minimum Gasteiger partial charge on any atom is -0.481 e. The summed E-state index contributed by atoms with van der Waals surface area (Å²) in [6, 6.07) is 1.84. The Kier molecular flexibility index (Phi) is 3.31. The molecule has 1 aromatic rings. The molecule has 5 heteroatoms. The molecule has 0 fully saturated rings. The quantitative estimate of drug-likeness (QED) is 0.695. The smallest absolute Gasteiger partial charge is 0.322 e. The monoisotopic (exact) mass is 184 g/mol. The molecule has 0 aliphatic heterocycles. The zero-order valence-electron chi connectivity index (χ0n) is 7.90. The predicted molar refractivity (Wildman–Crippen MR) is 46.3 cm³/mol. The van der Waals surface area contributed by atoms with Gasteiger partial charge in [0.05, 0.1) is 26.9 Å². The number of hydrogen-bond acceptors (Lipinski definition) is 5. The van der Waals surface area contributed by atoms with Crippen molar-refractivity contribution in [1.29, 1.82) is 0 Å². The lowest BCUT2D eigenvalue weighted by Gasteiger charge is -2.05.